The fourth-order valence-electron chi connectivity index (χ4n) is 3.35. The molecule has 0 atom stereocenters. The first kappa shape index (κ1) is 25.0. The molecule has 9 nitrogen and oxygen atoms in total. The number of aryl methyl sites for hydroxylation is 3. The Labute approximate surface area is 204 Å². The summed E-state index contributed by atoms with van der Waals surface area (Å²) >= 11 is 0. The summed E-state index contributed by atoms with van der Waals surface area (Å²) in [6, 6.07) is 13.7. The van der Waals surface area contributed by atoms with Crippen LogP contribution >= 0.6 is 0 Å². The first-order valence-corrected chi connectivity index (χ1v) is 11.9. The number of benzene rings is 2. The maximum Gasteiger partial charge on any atom is 0.573 e. The molecule has 0 saturated carbocycles. The van der Waals surface area contributed by atoms with Crippen LogP contribution in [0, 0.1) is 20.8 Å². The van der Waals surface area contributed by atoms with E-state index in [-0.39, 0.29) is 11.6 Å². The molecule has 1 N–H and O–H groups in total. The fourth-order valence-corrected chi connectivity index (χ4v) is 4.54. The quantitative estimate of drug-likeness (QED) is 0.363. The Bertz CT molecular complexity index is 1500. The van der Waals surface area contributed by atoms with Crippen molar-refractivity contribution in [2.75, 3.05) is 4.72 Å². The van der Waals surface area contributed by atoms with E-state index in [1.165, 1.54) is 36.4 Å². The van der Waals surface area contributed by atoms with Crippen LogP contribution in [0.4, 0.5) is 18.9 Å². The number of aromatic nitrogens is 4. The third kappa shape index (κ3) is 5.92. The van der Waals surface area contributed by atoms with Gasteiger partial charge in [-0.25, -0.2) is 18.1 Å². The van der Waals surface area contributed by atoms with Crippen molar-refractivity contribution in [1.82, 2.24) is 19.7 Å². The van der Waals surface area contributed by atoms with Crippen molar-refractivity contribution < 1.29 is 31.1 Å². The van der Waals surface area contributed by atoms with E-state index in [0.717, 1.165) is 23.5 Å². The van der Waals surface area contributed by atoms with Crippen LogP contribution in [0.5, 0.6) is 17.4 Å². The molecular formula is C23H20F3N5O4S. The third-order valence-corrected chi connectivity index (χ3v) is 6.14. The maximum atomic E-state index is 12.7. The van der Waals surface area contributed by atoms with E-state index in [1.54, 1.807) is 17.7 Å². The van der Waals surface area contributed by atoms with Crippen LogP contribution in [0.3, 0.4) is 0 Å². The summed E-state index contributed by atoms with van der Waals surface area (Å²) in [5.41, 5.74) is 1.82. The summed E-state index contributed by atoms with van der Waals surface area (Å²) in [5, 5.41) is 4.40. The van der Waals surface area contributed by atoms with Gasteiger partial charge in [0.25, 0.3) is 10.0 Å². The highest BCUT2D eigenvalue weighted by Crippen LogP contribution is 2.31. The minimum absolute atomic E-state index is 0.103. The molecule has 2 heterocycles. The summed E-state index contributed by atoms with van der Waals surface area (Å²) in [6.07, 6.45) is -5.04. The molecule has 13 heteroatoms. The molecule has 2 aromatic heterocycles. The van der Waals surface area contributed by atoms with Crippen molar-refractivity contribution in [3.8, 4) is 23.2 Å². The van der Waals surface area contributed by atoms with Crippen LogP contribution in [0.1, 0.15) is 17.2 Å². The molecule has 0 saturated heterocycles. The van der Waals surface area contributed by atoms with Gasteiger partial charge in [0.15, 0.2) is 5.82 Å². The van der Waals surface area contributed by atoms with E-state index in [1.807, 2.05) is 19.9 Å². The minimum Gasteiger partial charge on any atom is -0.439 e. The van der Waals surface area contributed by atoms with E-state index < -0.39 is 27.0 Å². The smallest absolute Gasteiger partial charge is 0.439 e. The summed E-state index contributed by atoms with van der Waals surface area (Å²) in [4.78, 5) is 7.99. The molecule has 0 radical (unpaired) electrons. The zero-order chi connectivity index (χ0) is 26.1. The van der Waals surface area contributed by atoms with Crippen molar-refractivity contribution in [3.05, 3.63) is 77.9 Å². The van der Waals surface area contributed by atoms with Crippen LogP contribution < -0.4 is 14.2 Å². The fraction of sp³-hybridized carbons (Fsp3) is 0.174. The SMILES string of the molecule is Cc1cc(C)n(-c2cc(Oc3ccc(NS(=O)(=O)c4ccccc4OC(F)(F)F)cc3)nc(C)n2)n1. The standard InChI is InChI=1S/C23H20F3N5O4S/c1-14-12-15(2)31(29-14)21-13-22(28-16(3)27-21)34-18-10-8-17(9-11-18)30-36(32,33)20-7-5-4-6-19(20)35-23(24,25)26/h4-13,30H,1-3H3. The Morgan fingerprint density at radius 2 is 1.64 bits per heavy atom. The molecule has 0 amide bonds. The monoisotopic (exact) mass is 519 g/mol. The summed E-state index contributed by atoms with van der Waals surface area (Å²) in [7, 11) is -4.38. The van der Waals surface area contributed by atoms with Gasteiger partial charge in [0.05, 0.1) is 5.69 Å². The predicted octanol–water partition coefficient (Wildman–Crippen LogP) is 5.08. The topological polar surface area (TPSA) is 108 Å². The number of halogens is 3. The molecule has 0 aliphatic heterocycles. The number of nitrogens with zero attached hydrogens (tertiary/aromatic N) is 4. The van der Waals surface area contributed by atoms with E-state index >= 15 is 0 Å². The first-order valence-electron chi connectivity index (χ1n) is 10.4. The predicted molar refractivity (Wildman–Crippen MR) is 124 cm³/mol. The molecule has 188 valence electrons. The average Bonchev–Trinajstić information content (AvgIpc) is 3.11. The Morgan fingerprint density at radius 1 is 0.944 bits per heavy atom. The molecule has 0 aliphatic rings. The van der Waals surface area contributed by atoms with Gasteiger partial charge in [-0.2, -0.15) is 10.1 Å². The lowest BCUT2D eigenvalue weighted by Gasteiger charge is -2.14. The molecule has 0 aliphatic carbocycles. The Kier molecular flexibility index (Phi) is 6.59. The van der Waals surface area contributed by atoms with Gasteiger partial charge in [-0.1, -0.05) is 12.1 Å². The van der Waals surface area contributed by atoms with Gasteiger partial charge in [-0.15, -0.1) is 13.2 Å². The van der Waals surface area contributed by atoms with Crippen molar-refractivity contribution in [3.63, 3.8) is 0 Å². The first-order chi connectivity index (χ1) is 16.9. The van der Waals surface area contributed by atoms with Crippen LogP contribution in [0.25, 0.3) is 5.82 Å². The molecule has 36 heavy (non-hydrogen) atoms. The van der Waals surface area contributed by atoms with Crippen LogP contribution in [-0.4, -0.2) is 34.5 Å². The van der Waals surface area contributed by atoms with Crippen molar-refractivity contribution in [2.45, 2.75) is 32.0 Å². The van der Waals surface area contributed by atoms with E-state index in [9.17, 15) is 21.6 Å². The number of alkyl halides is 3. The van der Waals surface area contributed by atoms with E-state index in [0.29, 0.717) is 17.4 Å². The minimum atomic E-state index is -5.04. The summed E-state index contributed by atoms with van der Waals surface area (Å²) in [6.45, 7) is 5.47. The molecule has 0 bridgehead atoms. The number of rotatable bonds is 7. The van der Waals surface area contributed by atoms with Crippen LogP contribution in [-0.2, 0) is 10.0 Å². The number of ether oxygens (including phenoxy) is 2. The van der Waals surface area contributed by atoms with E-state index in [2.05, 4.69) is 24.5 Å². The summed E-state index contributed by atoms with van der Waals surface area (Å²) in [5.74, 6) is 0.731. The van der Waals surface area contributed by atoms with Crippen LogP contribution in [0.15, 0.2) is 65.6 Å². The highest BCUT2D eigenvalue weighted by Gasteiger charge is 2.34. The lowest BCUT2D eigenvalue weighted by atomic mass is 10.3. The Balaban J connectivity index is 1.52. The number of hydrogen-bond acceptors (Lipinski definition) is 7. The number of para-hydroxylation sites is 1. The normalized spacial score (nSPS) is 11.8. The van der Waals surface area contributed by atoms with Gasteiger partial charge in [0, 0.05) is 17.4 Å². The Morgan fingerprint density at radius 3 is 2.28 bits per heavy atom. The van der Waals surface area contributed by atoms with Gasteiger partial charge in [0.2, 0.25) is 5.88 Å². The lowest BCUT2D eigenvalue weighted by molar-refractivity contribution is -0.275. The number of sulfonamides is 1. The molecular weight excluding hydrogens is 499 g/mol. The van der Waals surface area contributed by atoms with Crippen molar-refractivity contribution in [1.29, 1.82) is 0 Å². The third-order valence-electron chi connectivity index (χ3n) is 4.72. The molecule has 0 spiro atoms. The molecule has 4 aromatic rings. The average molecular weight is 520 g/mol. The van der Waals surface area contributed by atoms with Gasteiger partial charge in [-0.3, -0.25) is 4.72 Å². The highest BCUT2D eigenvalue weighted by molar-refractivity contribution is 7.92. The highest BCUT2D eigenvalue weighted by atomic mass is 32.2. The zero-order valence-electron chi connectivity index (χ0n) is 19.2. The largest absolute Gasteiger partial charge is 0.573 e. The maximum absolute atomic E-state index is 12.7. The number of nitrogens with one attached hydrogen (secondary N) is 1. The zero-order valence-corrected chi connectivity index (χ0v) is 20.1. The van der Waals surface area contributed by atoms with Gasteiger partial charge >= 0.3 is 6.36 Å². The second kappa shape index (κ2) is 9.49. The summed E-state index contributed by atoms with van der Waals surface area (Å²) < 4.78 is 76.9. The van der Waals surface area contributed by atoms with Gasteiger partial charge in [-0.05, 0) is 63.2 Å². The molecule has 2 aromatic carbocycles. The van der Waals surface area contributed by atoms with Gasteiger partial charge in [0.1, 0.15) is 22.2 Å². The number of hydrogen-bond donors (Lipinski definition) is 1. The van der Waals surface area contributed by atoms with Crippen molar-refractivity contribution >= 4 is 15.7 Å². The van der Waals surface area contributed by atoms with Crippen molar-refractivity contribution in [2.24, 2.45) is 0 Å². The Hall–Kier alpha value is -4.13. The van der Waals surface area contributed by atoms with Gasteiger partial charge < -0.3 is 9.47 Å². The van der Waals surface area contributed by atoms with E-state index in [4.69, 9.17) is 4.74 Å². The van der Waals surface area contributed by atoms with Crippen LogP contribution in [0.2, 0.25) is 0 Å². The molecule has 4 rings (SSSR count). The second-order valence-electron chi connectivity index (χ2n) is 7.68. The molecule has 0 unspecified atom stereocenters. The lowest BCUT2D eigenvalue weighted by Crippen LogP contribution is -2.20. The molecule has 0 fully saturated rings. The second-order valence-corrected chi connectivity index (χ2v) is 9.33. The number of anilines is 1.